The van der Waals surface area contributed by atoms with Crippen molar-refractivity contribution in [2.24, 2.45) is 15.3 Å². The maximum Gasteiger partial charge on any atom is 0.273 e. The number of aromatic nitrogens is 1. The Morgan fingerprint density at radius 2 is 2.04 bits per heavy atom. The number of nitrogens with one attached hydrogen (secondary N) is 1. The van der Waals surface area contributed by atoms with Gasteiger partial charge in [0.2, 0.25) is 0 Å². The Labute approximate surface area is 135 Å². The highest BCUT2D eigenvalue weighted by atomic mass is 16.6. The summed E-state index contributed by atoms with van der Waals surface area (Å²) in [4.78, 5) is 30.3. The summed E-state index contributed by atoms with van der Waals surface area (Å²) in [7, 11) is 2.86. The van der Waals surface area contributed by atoms with Crippen LogP contribution in [0.5, 0.6) is 5.75 Å². The minimum Gasteiger partial charge on any atom is -0.398 e. The van der Waals surface area contributed by atoms with Crippen molar-refractivity contribution in [2.45, 2.75) is 20.8 Å². The molecule has 0 radical (unpaired) electrons. The number of hydrogen-bond donors (Lipinski definition) is 1. The van der Waals surface area contributed by atoms with Gasteiger partial charge in [0.25, 0.3) is 5.91 Å². The lowest BCUT2D eigenvalue weighted by atomic mass is 10.1. The molecule has 0 atom stereocenters. The first-order valence-electron chi connectivity index (χ1n) is 7.05. The van der Waals surface area contributed by atoms with E-state index in [0.717, 1.165) is 5.71 Å². The smallest absolute Gasteiger partial charge is 0.273 e. The molecule has 23 heavy (non-hydrogen) atoms. The number of oxime groups is 2. The van der Waals surface area contributed by atoms with Gasteiger partial charge in [0.05, 0.1) is 23.2 Å². The zero-order chi connectivity index (χ0) is 17.2. The van der Waals surface area contributed by atoms with Crippen LogP contribution in [0.2, 0.25) is 0 Å². The highest BCUT2D eigenvalue weighted by Gasteiger charge is 2.19. The van der Waals surface area contributed by atoms with E-state index in [9.17, 15) is 4.79 Å². The maximum atomic E-state index is 11.9. The predicted octanol–water partition coefficient (Wildman–Crippen LogP) is 1.41. The van der Waals surface area contributed by atoms with Crippen molar-refractivity contribution in [3.63, 3.8) is 0 Å². The van der Waals surface area contributed by atoms with E-state index >= 15 is 0 Å². The van der Waals surface area contributed by atoms with Crippen molar-refractivity contribution >= 4 is 23.0 Å². The third kappa shape index (κ3) is 5.17. The van der Waals surface area contributed by atoms with Crippen LogP contribution >= 0.6 is 0 Å². The van der Waals surface area contributed by atoms with Gasteiger partial charge >= 0.3 is 0 Å². The molecular formula is C15H21N5O3. The van der Waals surface area contributed by atoms with Gasteiger partial charge in [0.1, 0.15) is 7.11 Å². The van der Waals surface area contributed by atoms with Crippen LogP contribution in [0, 0.1) is 0 Å². The third-order valence-electron chi connectivity index (χ3n) is 2.86. The molecule has 0 fully saturated rings. The first-order valence-corrected chi connectivity index (χ1v) is 7.05. The Morgan fingerprint density at radius 1 is 1.30 bits per heavy atom. The molecule has 0 bridgehead atoms. The van der Waals surface area contributed by atoms with Gasteiger partial charge in [-0.2, -0.15) is 0 Å². The minimum absolute atomic E-state index is 0.0687. The topological polar surface area (TPSA) is 97.5 Å². The molecule has 0 aliphatic heterocycles. The van der Waals surface area contributed by atoms with Crippen LogP contribution in [0.25, 0.3) is 0 Å². The van der Waals surface area contributed by atoms with E-state index in [4.69, 9.17) is 9.68 Å². The molecule has 1 amide bonds. The molecule has 1 aromatic heterocycles. The predicted molar refractivity (Wildman–Crippen MR) is 89.2 cm³/mol. The van der Waals surface area contributed by atoms with E-state index in [-0.39, 0.29) is 11.5 Å². The van der Waals surface area contributed by atoms with Crippen molar-refractivity contribution in [3.8, 4) is 5.75 Å². The first kappa shape index (κ1) is 18.3. The van der Waals surface area contributed by atoms with Gasteiger partial charge in [-0.25, -0.2) is 0 Å². The fraction of sp³-hybridized carbons (Fsp3) is 0.400. The fourth-order valence-electron chi connectivity index (χ4n) is 1.61. The summed E-state index contributed by atoms with van der Waals surface area (Å²) >= 11 is 0. The zero-order valence-corrected chi connectivity index (χ0v) is 14.0. The van der Waals surface area contributed by atoms with Gasteiger partial charge < -0.3 is 15.0 Å². The quantitative estimate of drug-likeness (QED) is 0.607. The van der Waals surface area contributed by atoms with Gasteiger partial charge in [-0.15, -0.1) is 0 Å². The van der Waals surface area contributed by atoms with Crippen LogP contribution in [-0.4, -0.2) is 48.7 Å². The number of amides is 1. The summed E-state index contributed by atoms with van der Waals surface area (Å²) in [5, 5.41) is 10.3. The Balaban J connectivity index is 3.15. The number of hydrogen-bond acceptors (Lipinski definition) is 7. The van der Waals surface area contributed by atoms with Crippen LogP contribution in [0.4, 0.5) is 0 Å². The van der Waals surface area contributed by atoms with Crippen molar-refractivity contribution in [2.75, 3.05) is 20.7 Å². The normalized spacial score (nSPS) is 12.8. The summed E-state index contributed by atoms with van der Waals surface area (Å²) in [5.41, 5.74) is 1.89. The molecule has 1 heterocycles. The number of rotatable bonds is 7. The van der Waals surface area contributed by atoms with E-state index < -0.39 is 5.91 Å². The van der Waals surface area contributed by atoms with Gasteiger partial charge in [0.15, 0.2) is 11.5 Å². The molecule has 0 saturated heterocycles. The van der Waals surface area contributed by atoms with E-state index in [1.807, 2.05) is 13.8 Å². The van der Waals surface area contributed by atoms with Crippen LogP contribution in [0.3, 0.4) is 0 Å². The number of carbonyl (C=O) groups excluding carboxylic acids is 1. The molecule has 0 saturated carbocycles. The molecule has 8 nitrogen and oxygen atoms in total. The second-order valence-corrected chi connectivity index (χ2v) is 4.40. The lowest BCUT2D eigenvalue weighted by Gasteiger charge is -2.08. The van der Waals surface area contributed by atoms with Crippen LogP contribution in [0.15, 0.2) is 33.8 Å². The lowest BCUT2D eigenvalue weighted by molar-refractivity contribution is -0.114. The second kappa shape index (κ2) is 9.29. The molecule has 0 aliphatic carbocycles. The average molecular weight is 319 g/mol. The number of likely N-dealkylation sites (N-methyl/N-ethyl adjacent to an activating group) is 1. The highest BCUT2D eigenvalue weighted by molar-refractivity contribution is 6.45. The standard InChI is InChI=1S/C15H21N5O3/c1-6-18-10(2)11(3)19-23-13-9-17-8-7-12(13)14(20-22-5)15(21)16-4/h7-9H,6H2,1-5H3,(H,16,21)/b18-10?,19-11+,20-14-. The zero-order valence-electron chi connectivity index (χ0n) is 14.0. The number of carbonyl (C=O) groups is 1. The van der Waals surface area contributed by atoms with Crippen molar-refractivity contribution in [3.05, 3.63) is 24.0 Å². The SMILES string of the molecule is CCN=C(C)/C(C)=N/Oc1cnccc1/C(=N/OC)C(=O)NC. The molecular weight excluding hydrogens is 298 g/mol. The molecule has 0 aromatic carbocycles. The number of pyridine rings is 1. The van der Waals surface area contributed by atoms with E-state index in [1.54, 1.807) is 13.0 Å². The third-order valence-corrected chi connectivity index (χ3v) is 2.86. The molecule has 8 heteroatoms. The molecule has 124 valence electrons. The molecule has 0 aliphatic rings. The number of nitrogens with zero attached hydrogens (tertiary/aromatic N) is 4. The largest absolute Gasteiger partial charge is 0.398 e. The maximum absolute atomic E-state index is 11.9. The van der Waals surface area contributed by atoms with Crippen LogP contribution < -0.4 is 10.2 Å². The summed E-state index contributed by atoms with van der Waals surface area (Å²) in [5.74, 6) is -0.122. The Morgan fingerprint density at radius 3 is 2.65 bits per heavy atom. The molecule has 1 rings (SSSR count). The lowest BCUT2D eigenvalue weighted by Crippen LogP contribution is -2.29. The van der Waals surface area contributed by atoms with E-state index in [0.29, 0.717) is 17.8 Å². The van der Waals surface area contributed by atoms with Gasteiger partial charge in [-0.1, -0.05) is 10.3 Å². The molecule has 0 spiro atoms. The second-order valence-electron chi connectivity index (χ2n) is 4.40. The highest BCUT2D eigenvalue weighted by Crippen LogP contribution is 2.18. The van der Waals surface area contributed by atoms with Crippen LogP contribution in [-0.2, 0) is 9.63 Å². The molecule has 1 aromatic rings. The van der Waals surface area contributed by atoms with Crippen molar-refractivity contribution in [1.82, 2.24) is 10.3 Å². The number of aliphatic imine (C=N–C) groups is 1. The summed E-state index contributed by atoms with van der Waals surface area (Å²) < 4.78 is 0. The van der Waals surface area contributed by atoms with Crippen molar-refractivity contribution in [1.29, 1.82) is 0 Å². The van der Waals surface area contributed by atoms with Gasteiger partial charge in [-0.05, 0) is 26.8 Å². The minimum atomic E-state index is -0.410. The average Bonchev–Trinajstić information content (AvgIpc) is 2.57. The van der Waals surface area contributed by atoms with E-state index in [2.05, 4.69) is 25.6 Å². The molecule has 1 N–H and O–H groups in total. The fourth-order valence-corrected chi connectivity index (χ4v) is 1.61. The Hall–Kier alpha value is -2.77. The summed E-state index contributed by atoms with van der Waals surface area (Å²) in [6.07, 6.45) is 2.98. The van der Waals surface area contributed by atoms with Crippen LogP contribution in [0.1, 0.15) is 26.3 Å². The summed E-state index contributed by atoms with van der Waals surface area (Å²) in [6.45, 7) is 6.23. The first-order chi connectivity index (χ1) is 11.0. The molecule has 0 unspecified atom stereocenters. The monoisotopic (exact) mass is 319 g/mol. The van der Waals surface area contributed by atoms with Gasteiger partial charge in [0, 0.05) is 19.8 Å². The Kier molecular flexibility index (Phi) is 7.38. The summed E-state index contributed by atoms with van der Waals surface area (Å²) in [6, 6.07) is 1.60. The Bertz CT molecular complexity index is 638. The van der Waals surface area contributed by atoms with Gasteiger partial charge in [-0.3, -0.25) is 14.8 Å². The van der Waals surface area contributed by atoms with Crippen molar-refractivity contribution < 1.29 is 14.5 Å². The van der Waals surface area contributed by atoms with E-state index in [1.165, 1.54) is 26.6 Å².